The third-order valence-electron chi connectivity index (χ3n) is 3.00. The van der Waals surface area contributed by atoms with Crippen molar-refractivity contribution in [2.45, 2.75) is 12.8 Å². The summed E-state index contributed by atoms with van der Waals surface area (Å²) in [6, 6.07) is 4.80. The smallest absolute Gasteiger partial charge is 0.434 e. The summed E-state index contributed by atoms with van der Waals surface area (Å²) in [7, 11) is 0. The second-order valence-electron chi connectivity index (χ2n) is 4.49. The summed E-state index contributed by atoms with van der Waals surface area (Å²) in [5.41, 5.74) is -1.02. The average molecular weight is 359 g/mol. The van der Waals surface area contributed by atoms with E-state index in [0.29, 0.717) is 5.39 Å². The van der Waals surface area contributed by atoms with Crippen LogP contribution in [0.25, 0.3) is 10.1 Å². The van der Waals surface area contributed by atoms with Crippen LogP contribution in [-0.2, 0) is 12.8 Å². The van der Waals surface area contributed by atoms with Gasteiger partial charge in [-0.15, -0.1) is 22.7 Å². The first-order valence-corrected chi connectivity index (χ1v) is 8.00. The third-order valence-corrected chi connectivity index (χ3v) is 4.70. The maximum absolute atomic E-state index is 12.5. The van der Waals surface area contributed by atoms with Gasteiger partial charge in [-0.25, -0.2) is 9.78 Å². The van der Waals surface area contributed by atoms with Crippen molar-refractivity contribution in [3.05, 3.63) is 45.2 Å². The molecule has 9 heteroatoms. The molecule has 0 amide bonds. The van der Waals surface area contributed by atoms with Gasteiger partial charge in [0.2, 0.25) is 0 Å². The molecule has 120 valence electrons. The lowest BCUT2D eigenvalue weighted by Crippen LogP contribution is -2.07. The van der Waals surface area contributed by atoms with Gasteiger partial charge in [0.15, 0.2) is 5.69 Å². The van der Waals surface area contributed by atoms with Gasteiger partial charge in [-0.1, -0.05) is 0 Å². The molecule has 0 saturated carbocycles. The average Bonchev–Trinajstić information content (AvgIpc) is 3.12. The van der Waals surface area contributed by atoms with Crippen molar-refractivity contribution in [1.29, 1.82) is 0 Å². The van der Waals surface area contributed by atoms with Crippen LogP contribution in [0.5, 0.6) is 5.75 Å². The monoisotopic (exact) mass is 359 g/mol. The maximum atomic E-state index is 12.5. The van der Waals surface area contributed by atoms with Crippen molar-refractivity contribution in [2.75, 3.05) is 0 Å². The van der Waals surface area contributed by atoms with Crippen molar-refractivity contribution in [3.63, 3.8) is 0 Å². The molecule has 0 fully saturated rings. The molecule has 3 aromatic rings. The Balaban J connectivity index is 1.89. The molecule has 0 bridgehead atoms. The van der Waals surface area contributed by atoms with E-state index in [2.05, 4.69) is 4.98 Å². The van der Waals surface area contributed by atoms with E-state index in [1.165, 1.54) is 17.4 Å². The Bertz CT molecular complexity index is 870. The molecule has 0 saturated heterocycles. The number of carboxylic acids is 1. The molecule has 1 aromatic carbocycles. The fourth-order valence-electron chi connectivity index (χ4n) is 1.98. The summed E-state index contributed by atoms with van der Waals surface area (Å²) in [4.78, 5) is 14.8. The highest BCUT2D eigenvalue weighted by molar-refractivity contribution is 7.17. The first kappa shape index (κ1) is 15.8. The molecular weight excluding hydrogens is 351 g/mol. The molecular formula is C14H8F3NO3S2. The summed E-state index contributed by atoms with van der Waals surface area (Å²) in [6.07, 6.45) is -4.51. The van der Waals surface area contributed by atoms with E-state index in [-0.39, 0.29) is 22.9 Å². The largest absolute Gasteiger partial charge is 0.485 e. The minimum absolute atomic E-state index is 0.0384. The Morgan fingerprint density at radius 2 is 2.04 bits per heavy atom. The topological polar surface area (TPSA) is 59.4 Å². The molecule has 0 aliphatic rings. The standard InChI is InChI=1S/C14H8F3NO3S2/c15-14(16,17)10-6-23-11(18-10)5-21-12-7-3-4-22-9(7)2-1-8(12)13(19)20/h1-4,6H,5H2,(H,19,20). The molecule has 0 unspecified atom stereocenters. The predicted octanol–water partition coefficient (Wildman–Crippen LogP) is 4.65. The minimum Gasteiger partial charge on any atom is -0.485 e. The zero-order valence-electron chi connectivity index (χ0n) is 11.3. The lowest BCUT2D eigenvalue weighted by Gasteiger charge is -2.09. The third kappa shape index (κ3) is 3.15. The summed E-state index contributed by atoms with van der Waals surface area (Å²) >= 11 is 2.23. The van der Waals surface area contributed by atoms with Crippen LogP contribution in [0.15, 0.2) is 29.0 Å². The Labute approximate surface area is 135 Å². The molecule has 0 aliphatic heterocycles. The molecule has 2 heterocycles. The van der Waals surface area contributed by atoms with Gasteiger partial charge in [-0.3, -0.25) is 0 Å². The van der Waals surface area contributed by atoms with E-state index in [1.807, 2.05) is 0 Å². The summed E-state index contributed by atoms with van der Waals surface area (Å²) in [5, 5.41) is 12.7. The number of aromatic carboxylic acids is 1. The van der Waals surface area contributed by atoms with Crippen molar-refractivity contribution in [1.82, 2.24) is 4.98 Å². The van der Waals surface area contributed by atoms with E-state index in [4.69, 9.17) is 4.74 Å². The second kappa shape index (κ2) is 5.82. The second-order valence-corrected chi connectivity index (χ2v) is 6.38. The van der Waals surface area contributed by atoms with Crippen LogP contribution in [0.4, 0.5) is 13.2 Å². The zero-order chi connectivity index (χ0) is 16.6. The number of aromatic nitrogens is 1. The van der Waals surface area contributed by atoms with Crippen LogP contribution in [0.1, 0.15) is 21.1 Å². The van der Waals surface area contributed by atoms with Crippen LogP contribution >= 0.6 is 22.7 Å². The molecule has 23 heavy (non-hydrogen) atoms. The van der Waals surface area contributed by atoms with Crippen LogP contribution in [0.3, 0.4) is 0 Å². The molecule has 0 atom stereocenters. The van der Waals surface area contributed by atoms with Gasteiger partial charge < -0.3 is 9.84 Å². The van der Waals surface area contributed by atoms with Gasteiger partial charge in [-0.05, 0) is 23.6 Å². The van der Waals surface area contributed by atoms with Crippen molar-refractivity contribution in [3.8, 4) is 5.75 Å². The number of thiophene rings is 1. The first-order chi connectivity index (χ1) is 10.9. The Morgan fingerprint density at radius 1 is 1.26 bits per heavy atom. The summed E-state index contributed by atoms with van der Waals surface area (Å²) in [5.74, 6) is -1.02. The summed E-state index contributed by atoms with van der Waals surface area (Å²) < 4.78 is 43.9. The number of carboxylic acid groups (broad SMARTS) is 1. The number of hydrogen-bond donors (Lipinski definition) is 1. The Kier molecular flexibility index (Phi) is 3.99. The normalized spacial score (nSPS) is 11.8. The number of benzene rings is 1. The van der Waals surface area contributed by atoms with Gasteiger partial charge in [-0.2, -0.15) is 13.2 Å². The number of thiazole rings is 1. The number of fused-ring (bicyclic) bond motifs is 1. The maximum Gasteiger partial charge on any atom is 0.434 e. The van der Waals surface area contributed by atoms with Crippen molar-refractivity contribution < 1.29 is 27.8 Å². The molecule has 2 aromatic heterocycles. The van der Waals surface area contributed by atoms with Gasteiger partial charge in [0.1, 0.15) is 22.9 Å². The Morgan fingerprint density at radius 3 is 2.70 bits per heavy atom. The van der Waals surface area contributed by atoms with Crippen LogP contribution in [-0.4, -0.2) is 16.1 Å². The van der Waals surface area contributed by atoms with Crippen LogP contribution < -0.4 is 4.74 Å². The first-order valence-electron chi connectivity index (χ1n) is 6.24. The zero-order valence-corrected chi connectivity index (χ0v) is 12.9. The highest BCUT2D eigenvalue weighted by Crippen LogP contribution is 2.35. The number of halogens is 3. The molecule has 0 aliphatic carbocycles. The molecule has 3 rings (SSSR count). The molecule has 4 nitrogen and oxygen atoms in total. The fourth-order valence-corrected chi connectivity index (χ4v) is 3.48. The molecule has 0 spiro atoms. The highest BCUT2D eigenvalue weighted by Gasteiger charge is 2.33. The fraction of sp³-hybridized carbons (Fsp3) is 0.143. The van der Waals surface area contributed by atoms with E-state index in [1.54, 1.807) is 17.5 Å². The summed E-state index contributed by atoms with van der Waals surface area (Å²) in [6.45, 7) is -0.226. The van der Waals surface area contributed by atoms with E-state index in [9.17, 15) is 23.1 Å². The lowest BCUT2D eigenvalue weighted by molar-refractivity contribution is -0.140. The van der Waals surface area contributed by atoms with Gasteiger partial charge in [0.25, 0.3) is 0 Å². The minimum atomic E-state index is -4.51. The van der Waals surface area contributed by atoms with Crippen molar-refractivity contribution >= 4 is 38.7 Å². The van der Waals surface area contributed by atoms with Crippen LogP contribution in [0.2, 0.25) is 0 Å². The van der Waals surface area contributed by atoms with Gasteiger partial charge in [0.05, 0.1) is 0 Å². The van der Waals surface area contributed by atoms with Crippen molar-refractivity contribution in [2.24, 2.45) is 0 Å². The highest BCUT2D eigenvalue weighted by atomic mass is 32.1. The number of carbonyl (C=O) groups is 1. The molecule has 0 radical (unpaired) electrons. The number of nitrogens with zero attached hydrogens (tertiary/aromatic N) is 1. The Hall–Kier alpha value is -2.13. The number of alkyl halides is 3. The number of ether oxygens (including phenoxy) is 1. The SMILES string of the molecule is O=C(O)c1ccc2sccc2c1OCc1nc(C(F)(F)F)cs1. The van der Waals surface area contributed by atoms with E-state index >= 15 is 0 Å². The molecule has 1 N–H and O–H groups in total. The number of hydrogen-bond acceptors (Lipinski definition) is 5. The number of rotatable bonds is 4. The predicted molar refractivity (Wildman–Crippen MR) is 80.2 cm³/mol. The quantitative estimate of drug-likeness (QED) is 0.736. The van der Waals surface area contributed by atoms with Gasteiger partial charge >= 0.3 is 12.1 Å². The lowest BCUT2D eigenvalue weighted by atomic mass is 10.1. The van der Waals surface area contributed by atoms with E-state index < -0.39 is 17.8 Å². The van der Waals surface area contributed by atoms with Crippen LogP contribution in [0, 0.1) is 0 Å². The van der Waals surface area contributed by atoms with E-state index in [0.717, 1.165) is 21.4 Å². The van der Waals surface area contributed by atoms with Gasteiger partial charge in [0, 0.05) is 15.5 Å².